The first-order valence-electron chi connectivity index (χ1n) is 24.0. The molecule has 326 valence electrons. The maximum absolute atomic E-state index is 5.62. The van der Waals surface area contributed by atoms with E-state index in [1.807, 2.05) is 0 Å². The molecule has 70 heavy (non-hydrogen) atoms. The Bertz CT molecular complexity index is 4340. The van der Waals surface area contributed by atoms with Crippen LogP contribution in [-0.4, -0.2) is 23.7 Å². The SMILES string of the molecule is c1ccc(-n2c3ccccc3c3cc(-c4ccc5c(c4)c4ccccc4n5-c4ccccc4-c4cc(C5c6ccccc6-c6ccccc65)nc(-n5c6ccccc6c6ccccc65)n4)ccc32)cc1. The van der Waals surface area contributed by atoms with Gasteiger partial charge in [-0.25, -0.2) is 9.97 Å². The van der Waals surface area contributed by atoms with E-state index >= 15 is 0 Å². The molecule has 10 aromatic carbocycles. The van der Waals surface area contributed by atoms with Crippen LogP contribution in [0.2, 0.25) is 0 Å². The Morgan fingerprint density at radius 3 is 1.31 bits per heavy atom. The number of hydrogen-bond acceptors (Lipinski definition) is 2. The smallest absolute Gasteiger partial charge is 0.235 e. The molecule has 0 atom stereocenters. The van der Waals surface area contributed by atoms with Crippen molar-refractivity contribution in [2.45, 2.75) is 5.92 Å². The van der Waals surface area contributed by atoms with Gasteiger partial charge in [0.25, 0.3) is 0 Å². The lowest BCUT2D eigenvalue weighted by molar-refractivity contribution is 0.888. The van der Waals surface area contributed by atoms with Crippen molar-refractivity contribution in [3.63, 3.8) is 0 Å². The first-order chi connectivity index (χ1) is 34.7. The van der Waals surface area contributed by atoms with Crippen molar-refractivity contribution in [3.8, 4) is 50.8 Å². The van der Waals surface area contributed by atoms with Gasteiger partial charge < -0.3 is 9.13 Å². The largest absolute Gasteiger partial charge is 0.309 e. The molecule has 5 nitrogen and oxygen atoms in total. The van der Waals surface area contributed by atoms with E-state index in [-0.39, 0.29) is 5.92 Å². The average molecular weight is 892 g/mol. The minimum absolute atomic E-state index is 0.0751. The summed E-state index contributed by atoms with van der Waals surface area (Å²) < 4.78 is 7.06. The van der Waals surface area contributed by atoms with E-state index in [1.165, 1.54) is 76.7 Å². The summed E-state index contributed by atoms with van der Waals surface area (Å²) in [5.41, 5.74) is 19.3. The highest BCUT2D eigenvalue weighted by Crippen LogP contribution is 2.49. The van der Waals surface area contributed by atoms with Crippen molar-refractivity contribution < 1.29 is 0 Å². The summed E-state index contributed by atoms with van der Waals surface area (Å²) in [7, 11) is 0. The van der Waals surface area contributed by atoms with Gasteiger partial charge in [-0.05, 0) is 106 Å². The number of rotatable bonds is 6. The van der Waals surface area contributed by atoms with Gasteiger partial charge in [0, 0.05) is 43.6 Å². The molecule has 4 heterocycles. The summed E-state index contributed by atoms with van der Waals surface area (Å²) in [6.07, 6.45) is 0. The third-order valence-electron chi connectivity index (χ3n) is 14.8. The van der Waals surface area contributed by atoms with Crippen molar-refractivity contribution in [1.82, 2.24) is 23.7 Å². The van der Waals surface area contributed by atoms with Gasteiger partial charge in [-0.3, -0.25) is 4.57 Å². The molecule has 5 heteroatoms. The van der Waals surface area contributed by atoms with Crippen LogP contribution in [0.15, 0.2) is 243 Å². The number of hydrogen-bond donors (Lipinski definition) is 0. The molecule has 1 aliphatic carbocycles. The van der Waals surface area contributed by atoms with Gasteiger partial charge in [0.15, 0.2) is 0 Å². The fourth-order valence-electron chi connectivity index (χ4n) is 11.8. The van der Waals surface area contributed by atoms with E-state index in [0.29, 0.717) is 5.95 Å². The zero-order chi connectivity index (χ0) is 45.9. The van der Waals surface area contributed by atoms with Gasteiger partial charge in [-0.2, -0.15) is 0 Å². The second kappa shape index (κ2) is 15.1. The third kappa shape index (κ3) is 5.66. The molecular formula is C65H41N5. The lowest BCUT2D eigenvalue weighted by Crippen LogP contribution is -2.10. The van der Waals surface area contributed by atoms with Gasteiger partial charge in [-0.15, -0.1) is 0 Å². The molecule has 15 rings (SSSR count). The number of aromatic nitrogens is 5. The first kappa shape index (κ1) is 38.8. The number of para-hydroxylation sites is 6. The van der Waals surface area contributed by atoms with E-state index in [2.05, 4.69) is 256 Å². The Kier molecular flexibility index (Phi) is 8.36. The summed E-state index contributed by atoms with van der Waals surface area (Å²) in [5, 5.41) is 7.23. The molecule has 0 bridgehead atoms. The van der Waals surface area contributed by atoms with Gasteiger partial charge in [0.05, 0.1) is 56.1 Å². The molecule has 0 amide bonds. The highest BCUT2D eigenvalue weighted by atomic mass is 15.2. The lowest BCUT2D eigenvalue weighted by atomic mass is 9.92. The van der Waals surface area contributed by atoms with Crippen LogP contribution in [0.25, 0.3) is 116 Å². The summed E-state index contributed by atoms with van der Waals surface area (Å²) in [5.74, 6) is 0.575. The molecule has 0 unspecified atom stereocenters. The van der Waals surface area contributed by atoms with Crippen molar-refractivity contribution >= 4 is 65.4 Å². The van der Waals surface area contributed by atoms with Crippen molar-refractivity contribution in [2.24, 2.45) is 0 Å². The molecule has 0 saturated heterocycles. The van der Waals surface area contributed by atoms with Crippen LogP contribution >= 0.6 is 0 Å². The van der Waals surface area contributed by atoms with E-state index in [0.717, 1.165) is 50.4 Å². The molecular weight excluding hydrogens is 851 g/mol. The zero-order valence-electron chi connectivity index (χ0n) is 37.9. The molecule has 0 aliphatic heterocycles. The predicted octanol–water partition coefficient (Wildman–Crippen LogP) is 16.3. The van der Waals surface area contributed by atoms with E-state index in [1.54, 1.807) is 0 Å². The van der Waals surface area contributed by atoms with Crippen LogP contribution in [-0.2, 0) is 0 Å². The van der Waals surface area contributed by atoms with Gasteiger partial charge >= 0.3 is 0 Å². The molecule has 0 saturated carbocycles. The number of benzene rings is 10. The Hall–Kier alpha value is -9.32. The quantitative estimate of drug-likeness (QED) is 0.167. The highest BCUT2D eigenvalue weighted by molar-refractivity contribution is 6.13. The highest BCUT2D eigenvalue weighted by Gasteiger charge is 2.32. The topological polar surface area (TPSA) is 40.6 Å². The first-order valence-corrected chi connectivity index (χ1v) is 24.0. The minimum Gasteiger partial charge on any atom is -0.309 e. The third-order valence-corrected chi connectivity index (χ3v) is 14.8. The number of fused-ring (bicyclic) bond motifs is 12. The summed E-state index contributed by atoms with van der Waals surface area (Å²) in [4.78, 5) is 11.2. The molecule has 0 N–H and O–H groups in total. The second-order valence-electron chi connectivity index (χ2n) is 18.5. The molecule has 4 aromatic heterocycles. The van der Waals surface area contributed by atoms with E-state index in [4.69, 9.17) is 9.97 Å². The Morgan fingerprint density at radius 1 is 0.300 bits per heavy atom. The van der Waals surface area contributed by atoms with Crippen molar-refractivity contribution in [3.05, 3.63) is 259 Å². The van der Waals surface area contributed by atoms with Crippen LogP contribution in [0.5, 0.6) is 0 Å². The standard InChI is InChI=1S/C65H41N5/c1-2-18-43(19-3-1)68-57-29-13-10-24-48(57)53-38-41(34-36-62(53)68)42-35-37-63-54(39-42)49-25-11-14-30-58(49)69(63)61-33-17-12-28-52(61)55-40-56(64-50-26-6-4-20-44(50)45-21-5-7-27-51(45)64)67-65(66-55)70-59-31-15-8-22-46(59)47-23-9-16-32-60(47)70/h1-40,64H. The predicted molar refractivity (Wildman–Crippen MR) is 289 cm³/mol. The zero-order valence-corrected chi connectivity index (χ0v) is 37.9. The second-order valence-corrected chi connectivity index (χ2v) is 18.5. The Labute approximate surface area is 403 Å². The fraction of sp³-hybridized carbons (Fsp3) is 0.0154. The molecule has 0 radical (unpaired) electrons. The molecule has 1 aliphatic rings. The number of nitrogens with zero attached hydrogens (tertiary/aromatic N) is 5. The lowest BCUT2D eigenvalue weighted by Gasteiger charge is -2.19. The van der Waals surface area contributed by atoms with Crippen molar-refractivity contribution in [2.75, 3.05) is 0 Å². The minimum atomic E-state index is -0.0751. The van der Waals surface area contributed by atoms with Gasteiger partial charge in [0.1, 0.15) is 0 Å². The Morgan fingerprint density at radius 2 is 0.729 bits per heavy atom. The normalized spacial score (nSPS) is 12.5. The van der Waals surface area contributed by atoms with Crippen LogP contribution in [0, 0.1) is 0 Å². The fourth-order valence-corrected chi connectivity index (χ4v) is 11.8. The van der Waals surface area contributed by atoms with Crippen LogP contribution in [0.3, 0.4) is 0 Å². The van der Waals surface area contributed by atoms with Crippen LogP contribution < -0.4 is 0 Å². The van der Waals surface area contributed by atoms with E-state index < -0.39 is 0 Å². The van der Waals surface area contributed by atoms with Gasteiger partial charge in [-0.1, -0.05) is 170 Å². The molecule has 14 aromatic rings. The monoisotopic (exact) mass is 891 g/mol. The van der Waals surface area contributed by atoms with Gasteiger partial charge in [0.2, 0.25) is 5.95 Å². The van der Waals surface area contributed by atoms with Crippen LogP contribution in [0.4, 0.5) is 0 Å². The van der Waals surface area contributed by atoms with Crippen LogP contribution in [0.1, 0.15) is 22.7 Å². The van der Waals surface area contributed by atoms with E-state index in [9.17, 15) is 0 Å². The molecule has 0 fully saturated rings. The maximum Gasteiger partial charge on any atom is 0.235 e. The molecule has 0 spiro atoms. The summed E-state index contributed by atoms with van der Waals surface area (Å²) in [6.45, 7) is 0. The average Bonchev–Trinajstić information content (AvgIpc) is 4.16. The summed E-state index contributed by atoms with van der Waals surface area (Å²) >= 11 is 0. The summed E-state index contributed by atoms with van der Waals surface area (Å²) in [6, 6.07) is 88.0. The Balaban J connectivity index is 0.939. The maximum atomic E-state index is 5.62. The van der Waals surface area contributed by atoms with Crippen molar-refractivity contribution in [1.29, 1.82) is 0 Å².